The number of carbonyl (C=O) groups excluding carboxylic acids is 1. The van der Waals surface area contributed by atoms with Crippen LogP contribution < -0.4 is 11.1 Å². The lowest BCUT2D eigenvalue weighted by Gasteiger charge is -2.15. The largest absolute Gasteiger partial charge is 0.370 e. The zero-order valence-electron chi connectivity index (χ0n) is 16.2. The monoisotopic (exact) mass is 358 g/mol. The molecule has 2 rings (SSSR count). The maximum absolute atomic E-state index is 11.7. The molecule has 0 saturated carbocycles. The molecule has 1 saturated heterocycles. The number of hydrogen-bond acceptors (Lipinski definition) is 2. The molecule has 0 bridgehead atoms. The number of carbonyl (C=O) groups is 1. The molecule has 144 valence electrons. The number of aliphatic imine (C=N–C) groups is 1. The van der Waals surface area contributed by atoms with Crippen molar-refractivity contribution in [3.63, 3.8) is 0 Å². The van der Waals surface area contributed by atoms with Crippen molar-refractivity contribution in [3.8, 4) is 0 Å². The fourth-order valence-electron chi connectivity index (χ4n) is 3.20. The van der Waals surface area contributed by atoms with Crippen LogP contribution in [0.2, 0.25) is 0 Å². The molecule has 1 aromatic rings. The first-order valence-electron chi connectivity index (χ1n) is 10.1. The predicted molar refractivity (Wildman–Crippen MR) is 108 cm³/mol. The standard InChI is InChI=1S/C21H34N4O/c1-2-3-4-5-6-7-14-23-21(22)24-16-18-10-12-19(13-11-18)17-25-15-8-9-20(25)26/h10-13H,2-9,14-17H2,1H3,(H3,22,23,24). The molecule has 1 aromatic carbocycles. The van der Waals surface area contributed by atoms with Crippen molar-refractivity contribution in [2.24, 2.45) is 10.7 Å². The Bertz CT molecular complexity index is 568. The van der Waals surface area contributed by atoms with E-state index < -0.39 is 0 Å². The van der Waals surface area contributed by atoms with Gasteiger partial charge in [0.15, 0.2) is 5.96 Å². The number of nitrogens with one attached hydrogen (secondary N) is 1. The molecular weight excluding hydrogens is 324 g/mol. The van der Waals surface area contributed by atoms with Crippen LogP contribution >= 0.6 is 0 Å². The summed E-state index contributed by atoms with van der Waals surface area (Å²) in [4.78, 5) is 18.0. The van der Waals surface area contributed by atoms with Gasteiger partial charge in [-0.1, -0.05) is 63.3 Å². The van der Waals surface area contributed by atoms with Crippen molar-refractivity contribution in [3.05, 3.63) is 35.4 Å². The van der Waals surface area contributed by atoms with Gasteiger partial charge in [-0.25, -0.2) is 4.99 Å². The molecule has 1 amide bonds. The van der Waals surface area contributed by atoms with E-state index in [1.807, 2.05) is 4.90 Å². The average Bonchev–Trinajstić information content (AvgIpc) is 3.05. The fraction of sp³-hybridized carbons (Fsp3) is 0.619. The summed E-state index contributed by atoms with van der Waals surface area (Å²) in [6.07, 6.45) is 9.34. The lowest BCUT2D eigenvalue weighted by atomic mass is 10.1. The van der Waals surface area contributed by atoms with Gasteiger partial charge in [0, 0.05) is 26.1 Å². The Hall–Kier alpha value is -2.04. The molecule has 26 heavy (non-hydrogen) atoms. The first-order chi connectivity index (χ1) is 12.7. The van der Waals surface area contributed by atoms with Gasteiger partial charge < -0.3 is 16.0 Å². The number of hydrogen-bond donors (Lipinski definition) is 2. The fourth-order valence-corrected chi connectivity index (χ4v) is 3.20. The molecule has 0 aliphatic carbocycles. The van der Waals surface area contributed by atoms with Gasteiger partial charge in [-0.3, -0.25) is 4.79 Å². The lowest BCUT2D eigenvalue weighted by molar-refractivity contribution is -0.128. The highest BCUT2D eigenvalue weighted by Crippen LogP contribution is 2.15. The molecule has 1 aliphatic rings. The highest BCUT2D eigenvalue weighted by atomic mass is 16.2. The van der Waals surface area contributed by atoms with E-state index in [0.717, 1.165) is 31.5 Å². The minimum absolute atomic E-state index is 0.267. The predicted octanol–water partition coefficient (Wildman–Crippen LogP) is 3.57. The summed E-state index contributed by atoms with van der Waals surface area (Å²) in [7, 11) is 0. The second-order valence-electron chi connectivity index (χ2n) is 7.13. The van der Waals surface area contributed by atoms with Gasteiger partial charge in [0.1, 0.15) is 0 Å². The molecule has 0 aromatic heterocycles. The maximum atomic E-state index is 11.7. The highest BCUT2D eigenvalue weighted by molar-refractivity contribution is 5.78. The first-order valence-corrected chi connectivity index (χ1v) is 10.1. The molecule has 1 aliphatic heterocycles. The zero-order valence-corrected chi connectivity index (χ0v) is 16.2. The second kappa shape index (κ2) is 11.6. The summed E-state index contributed by atoms with van der Waals surface area (Å²) >= 11 is 0. The average molecular weight is 359 g/mol. The third-order valence-electron chi connectivity index (χ3n) is 4.84. The number of guanidine groups is 1. The van der Waals surface area contributed by atoms with Gasteiger partial charge in [0.05, 0.1) is 6.54 Å². The Kier molecular flexibility index (Phi) is 9.01. The Morgan fingerprint density at radius 3 is 2.50 bits per heavy atom. The van der Waals surface area contributed by atoms with Crippen LogP contribution in [0.15, 0.2) is 29.3 Å². The van der Waals surface area contributed by atoms with Gasteiger partial charge >= 0.3 is 0 Å². The van der Waals surface area contributed by atoms with E-state index in [1.165, 1.54) is 37.7 Å². The third kappa shape index (κ3) is 7.46. The number of unbranched alkanes of at least 4 members (excludes halogenated alkanes) is 5. The molecule has 5 heteroatoms. The molecule has 5 nitrogen and oxygen atoms in total. The van der Waals surface area contributed by atoms with Gasteiger partial charge in [-0.05, 0) is 24.0 Å². The van der Waals surface area contributed by atoms with E-state index in [1.54, 1.807) is 0 Å². The number of nitrogens with two attached hydrogens (primary N) is 1. The summed E-state index contributed by atoms with van der Waals surface area (Å²) in [5.74, 6) is 0.785. The van der Waals surface area contributed by atoms with E-state index in [4.69, 9.17) is 5.73 Å². The molecule has 3 N–H and O–H groups in total. The third-order valence-corrected chi connectivity index (χ3v) is 4.84. The number of benzene rings is 1. The first kappa shape index (κ1) is 20.3. The van der Waals surface area contributed by atoms with E-state index in [0.29, 0.717) is 25.5 Å². The van der Waals surface area contributed by atoms with Crippen LogP contribution in [0.4, 0.5) is 0 Å². The van der Waals surface area contributed by atoms with Crippen LogP contribution in [0.3, 0.4) is 0 Å². The summed E-state index contributed by atoms with van der Waals surface area (Å²) < 4.78 is 0. The molecule has 1 fully saturated rings. The Labute approximate surface area is 158 Å². The van der Waals surface area contributed by atoms with Crippen molar-refractivity contribution in [2.45, 2.75) is 71.4 Å². The van der Waals surface area contributed by atoms with Crippen LogP contribution in [0.1, 0.15) is 69.4 Å². The summed E-state index contributed by atoms with van der Waals surface area (Å²) in [5, 5.41) is 3.19. The van der Waals surface area contributed by atoms with Gasteiger partial charge in [0.25, 0.3) is 0 Å². The van der Waals surface area contributed by atoms with Crippen LogP contribution in [0.25, 0.3) is 0 Å². The van der Waals surface area contributed by atoms with Crippen molar-refractivity contribution in [1.29, 1.82) is 0 Å². The van der Waals surface area contributed by atoms with Gasteiger partial charge in [-0.15, -0.1) is 0 Å². The Morgan fingerprint density at radius 1 is 1.12 bits per heavy atom. The van der Waals surface area contributed by atoms with E-state index >= 15 is 0 Å². The SMILES string of the molecule is CCCCCCCCNC(N)=NCc1ccc(CN2CCCC2=O)cc1. The van der Waals surface area contributed by atoms with Gasteiger partial charge in [-0.2, -0.15) is 0 Å². The number of likely N-dealkylation sites (tertiary alicyclic amines) is 1. The molecule has 0 unspecified atom stereocenters. The second-order valence-corrected chi connectivity index (χ2v) is 7.13. The molecule has 1 heterocycles. The van der Waals surface area contributed by atoms with Crippen molar-refractivity contribution >= 4 is 11.9 Å². The normalized spacial score (nSPS) is 14.9. The van der Waals surface area contributed by atoms with Crippen LogP contribution in [0, 0.1) is 0 Å². The number of amides is 1. The topological polar surface area (TPSA) is 70.7 Å². The summed E-state index contributed by atoms with van der Waals surface area (Å²) in [6, 6.07) is 8.30. The number of nitrogens with zero attached hydrogens (tertiary/aromatic N) is 2. The number of rotatable bonds is 11. The van der Waals surface area contributed by atoms with Gasteiger partial charge in [0.2, 0.25) is 5.91 Å². The van der Waals surface area contributed by atoms with E-state index in [9.17, 15) is 4.79 Å². The summed E-state index contributed by atoms with van der Waals surface area (Å²) in [6.45, 7) is 5.30. The van der Waals surface area contributed by atoms with Crippen molar-refractivity contribution < 1.29 is 4.79 Å². The molecule has 0 spiro atoms. The molecule has 0 atom stereocenters. The minimum Gasteiger partial charge on any atom is -0.370 e. The quantitative estimate of drug-likeness (QED) is 0.361. The molecule has 0 radical (unpaired) electrons. The van der Waals surface area contributed by atoms with Crippen LogP contribution in [0.5, 0.6) is 0 Å². The maximum Gasteiger partial charge on any atom is 0.222 e. The lowest BCUT2D eigenvalue weighted by Crippen LogP contribution is -2.32. The van der Waals surface area contributed by atoms with Crippen LogP contribution in [-0.2, 0) is 17.9 Å². The van der Waals surface area contributed by atoms with Crippen molar-refractivity contribution in [1.82, 2.24) is 10.2 Å². The Balaban J connectivity index is 1.64. The minimum atomic E-state index is 0.267. The van der Waals surface area contributed by atoms with E-state index in [-0.39, 0.29) is 5.91 Å². The zero-order chi connectivity index (χ0) is 18.6. The highest BCUT2D eigenvalue weighted by Gasteiger charge is 2.19. The smallest absolute Gasteiger partial charge is 0.222 e. The van der Waals surface area contributed by atoms with Crippen molar-refractivity contribution in [2.75, 3.05) is 13.1 Å². The summed E-state index contributed by atoms with van der Waals surface area (Å²) in [5.41, 5.74) is 8.23. The Morgan fingerprint density at radius 2 is 1.81 bits per heavy atom. The van der Waals surface area contributed by atoms with E-state index in [2.05, 4.69) is 41.5 Å². The van der Waals surface area contributed by atoms with Crippen LogP contribution in [-0.4, -0.2) is 29.9 Å². The molecular formula is C21H34N4O.